The third kappa shape index (κ3) is 3.94. The first-order valence-electron chi connectivity index (χ1n) is 6.54. The van der Waals surface area contributed by atoms with Crippen molar-refractivity contribution in [2.45, 2.75) is 18.9 Å². The summed E-state index contributed by atoms with van der Waals surface area (Å²) in [5, 5.41) is 2.72. The molecule has 1 N–H and O–H groups in total. The Hall–Kier alpha value is -1.07. The molecule has 0 radical (unpaired) electrons. The molecule has 1 unspecified atom stereocenters. The van der Waals surface area contributed by atoms with E-state index >= 15 is 0 Å². The van der Waals surface area contributed by atoms with Crippen molar-refractivity contribution in [1.82, 2.24) is 10.2 Å². The molecular weight excluding hydrogens is 308 g/mol. The van der Waals surface area contributed by atoms with Crippen molar-refractivity contribution in [3.63, 3.8) is 0 Å². The van der Waals surface area contributed by atoms with E-state index in [-0.39, 0.29) is 11.9 Å². The van der Waals surface area contributed by atoms with Crippen LogP contribution in [0.2, 0.25) is 0 Å². The predicted molar refractivity (Wildman–Crippen MR) is 78.3 cm³/mol. The zero-order valence-electron chi connectivity index (χ0n) is 11.1. The summed E-state index contributed by atoms with van der Waals surface area (Å²) in [4.78, 5) is 13.9. The van der Waals surface area contributed by atoms with E-state index in [1.165, 1.54) is 0 Å². The van der Waals surface area contributed by atoms with Gasteiger partial charge in [0.2, 0.25) is 5.91 Å². The van der Waals surface area contributed by atoms with Crippen LogP contribution in [0, 0.1) is 0 Å². The van der Waals surface area contributed by atoms with Gasteiger partial charge in [-0.1, -0.05) is 15.9 Å². The number of halogens is 1. The summed E-state index contributed by atoms with van der Waals surface area (Å²) in [6, 6.07) is 7.80. The van der Waals surface area contributed by atoms with Crippen molar-refractivity contribution in [3.8, 4) is 5.75 Å². The predicted octanol–water partition coefficient (Wildman–Crippen LogP) is 2.04. The fourth-order valence-corrected chi connectivity index (χ4v) is 2.63. The maximum absolute atomic E-state index is 11.7. The number of hydrogen-bond donors (Lipinski definition) is 1. The number of nitrogens with zero attached hydrogens (tertiary/aromatic N) is 1. The van der Waals surface area contributed by atoms with Crippen molar-refractivity contribution >= 4 is 21.8 Å². The smallest absolute Gasteiger partial charge is 0.237 e. The van der Waals surface area contributed by atoms with Gasteiger partial charge in [0.15, 0.2) is 0 Å². The number of carbonyl (C=O) groups excluding carboxylic acids is 1. The molecule has 0 aliphatic carbocycles. The minimum atomic E-state index is 0.0125. The van der Waals surface area contributed by atoms with E-state index in [9.17, 15) is 4.79 Å². The number of benzene rings is 1. The van der Waals surface area contributed by atoms with Gasteiger partial charge in [0.25, 0.3) is 0 Å². The van der Waals surface area contributed by atoms with Crippen molar-refractivity contribution < 1.29 is 9.53 Å². The SMILES string of the molecule is CNC(=O)C1CCCN1CCOc1ccc(Br)cc1. The highest BCUT2D eigenvalue weighted by atomic mass is 79.9. The van der Waals surface area contributed by atoms with Gasteiger partial charge in [-0.2, -0.15) is 0 Å². The molecule has 1 amide bonds. The first-order valence-corrected chi connectivity index (χ1v) is 7.34. The van der Waals surface area contributed by atoms with E-state index in [4.69, 9.17) is 4.74 Å². The van der Waals surface area contributed by atoms with Crippen LogP contribution in [0.3, 0.4) is 0 Å². The van der Waals surface area contributed by atoms with Gasteiger partial charge in [0.1, 0.15) is 12.4 Å². The minimum Gasteiger partial charge on any atom is -0.492 e. The molecule has 1 aliphatic heterocycles. The number of amides is 1. The summed E-state index contributed by atoms with van der Waals surface area (Å²) in [6.45, 7) is 2.37. The average molecular weight is 327 g/mol. The first kappa shape index (κ1) is 14.3. The number of likely N-dealkylation sites (N-methyl/N-ethyl adjacent to an activating group) is 1. The van der Waals surface area contributed by atoms with Gasteiger partial charge in [-0.3, -0.25) is 9.69 Å². The molecular formula is C14H19BrN2O2. The highest BCUT2D eigenvalue weighted by Crippen LogP contribution is 2.18. The second-order valence-electron chi connectivity index (χ2n) is 4.61. The van der Waals surface area contributed by atoms with Gasteiger partial charge in [-0.25, -0.2) is 0 Å². The first-order chi connectivity index (χ1) is 9.20. The lowest BCUT2D eigenvalue weighted by atomic mass is 10.2. The molecule has 0 saturated carbocycles. The molecule has 104 valence electrons. The van der Waals surface area contributed by atoms with Crippen LogP contribution in [0.15, 0.2) is 28.7 Å². The molecule has 19 heavy (non-hydrogen) atoms. The highest BCUT2D eigenvalue weighted by molar-refractivity contribution is 9.10. The van der Waals surface area contributed by atoms with Crippen LogP contribution in [0.4, 0.5) is 0 Å². The van der Waals surface area contributed by atoms with Gasteiger partial charge < -0.3 is 10.1 Å². The molecule has 2 rings (SSSR count). The fourth-order valence-electron chi connectivity index (χ4n) is 2.37. The standard InChI is InChI=1S/C14H19BrN2O2/c1-16-14(18)13-3-2-8-17(13)9-10-19-12-6-4-11(15)5-7-12/h4-7,13H,2-3,8-10H2,1H3,(H,16,18). The molecule has 0 spiro atoms. The summed E-state index contributed by atoms with van der Waals surface area (Å²) in [7, 11) is 1.69. The largest absolute Gasteiger partial charge is 0.492 e. The normalized spacial score (nSPS) is 19.4. The fraction of sp³-hybridized carbons (Fsp3) is 0.500. The van der Waals surface area contributed by atoms with Crippen LogP contribution in [0.5, 0.6) is 5.75 Å². The zero-order chi connectivity index (χ0) is 13.7. The minimum absolute atomic E-state index is 0.0125. The van der Waals surface area contributed by atoms with Crippen molar-refractivity contribution in [2.24, 2.45) is 0 Å². The van der Waals surface area contributed by atoms with Crippen molar-refractivity contribution in [2.75, 3.05) is 26.7 Å². The Bertz CT molecular complexity index is 422. The maximum Gasteiger partial charge on any atom is 0.237 e. The summed E-state index contributed by atoms with van der Waals surface area (Å²) in [6.07, 6.45) is 2.02. The second-order valence-corrected chi connectivity index (χ2v) is 5.53. The molecule has 5 heteroatoms. The van der Waals surface area contributed by atoms with E-state index in [0.29, 0.717) is 6.61 Å². The Kier molecular flexibility index (Phi) is 5.22. The van der Waals surface area contributed by atoms with Gasteiger partial charge in [0, 0.05) is 18.1 Å². The zero-order valence-corrected chi connectivity index (χ0v) is 12.6. The van der Waals surface area contributed by atoms with Crippen LogP contribution in [0.1, 0.15) is 12.8 Å². The Morgan fingerprint density at radius 1 is 1.47 bits per heavy atom. The topological polar surface area (TPSA) is 41.6 Å². The third-order valence-electron chi connectivity index (χ3n) is 3.37. The van der Waals surface area contributed by atoms with Crippen LogP contribution in [-0.2, 0) is 4.79 Å². The third-order valence-corrected chi connectivity index (χ3v) is 3.90. The van der Waals surface area contributed by atoms with E-state index in [2.05, 4.69) is 26.1 Å². The molecule has 0 bridgehead atoms. The molecule has 0 aromatic heterocycles. The summed E-state index contributed by atoms with van der Waals surface area (Å²) in [5.41, 5.74) is 0. The number of carbonyl (C=O) groups is 1. The molecule has 1 aromatic carbocycles. The van der Waals surface area contributed by atoms with E-state index in [0.717, 1.165) is 36.2 Å². The Labute approximate surface area is 122 Å². The van der Waals surface area contributed by atoms with Crippen molar-refractivity contribution in [1.29, 1.82) is 0 Å². The van der Waals surface area contributed by atoms with E-state index in [1.54, 1.807) is 7.05 Å². The molecule has 1 saturated heterocycles. The van der Waals surface area contributed by atoms with Gasteiger partial charge >= 0.3 is 0 Å². The van der Waals surface area contributed by atoms with E-state index in [1.807, 2.05) is 24.3 Å². The molecule has 1 heterocycles. The molecule has 1 aromatic rings. The monoisotopic (exact) mass is 326 g/mol. The highest BCUT2D eigenvalue weighted by Gasteiger charge is 2.29. The lowest BCUT2D eigenvalue weighted by Crippen LogP contribution is -2.43. The van der Waals surface area contributed by atoms with Crippen LogP contribution >= 0.6 is 15.9 Å². The Morgan fingerprint density at radius 2 is 2.21 bits per heavy atom. The lowest BCUT2D eigenvalue weighted by molar-refractivity contribution is -0.125. The average Bonchev–Trinajstić information content (AvgIpc) is 2.88. The Morgan fingerprint density at radius 3 is 2.89 bits per heavy atom. The quantitative estimate of drug-likeness (QED) is 0.900. The van der Waals surface area contributed by atoms with E-state index < -0.39 is 0 Å². The summed E-state index contributed by atoms with van der Waals surface area (Å²) in [5.74, 6) is 0.972. The van der Waals surface area contributed by atoms with Crippen molar-refractivity contribution in [3.05, 3.63) is 28.7 Å². The maximum atomic E-state index is 11.7. The molecule has 4 nitrogen and oxygen atoms in total. The molecule has 1 atom stereocenters. The van der Waals surface area contributed by atoms with Gasteiger partial charge in [-0.05, 0) is 43.7 Å². The Balaban J connectivity index is 1.78. The van der Waals surface area contributed by atoms with Gasteiger partial charge in [-0.15, -0.1) is 0 Å². The second kappa shape index (κ2) is 6.91. The number of rotatable bonds is 5. The molecule has 1 fully saturated rings. The molecule has 1 aliphatic rings. The lowest BCUT2D eigenvalue weighted by Gasteiger charge is -2.22. The number of likely N-dealkylation sites (tertiary alicyclic amines) is 1. The number of ether oxygens (including phenoxy) is 1. The van der Waals surface area contributed by atoms with Crippen LogP contribution in [0.25, 0.3) is 0 Å². The number of nitrogens with one attached hydrogen (secondary N) is 1. The van der Waals surface area contributed by atoms with Gasteiger partial charge in [0.05, 0.1) is 6.04 Å². The summed E-state index contributed by atoms with van der Waals surface area (Å²) < 4.78 is 6.73. The van der Waals surface area contributed by atoms with Crippen LogP contribution in [-0.4, -0.2) is 43.6 Å². The number of hydrogen-bond acceptors (Lipinski definition) is 3. The van der Waals surface area contributed by atoms with Crippen LogP contribution < -0.4 is 10.1 Å². The summed E-state index contributed by atoms with van der Waals surface area (Å²) >= 11 is 3.39.